The Morgan fingerprint density at radius 1 is 1.16 bits per heavy atom. The van der Waals surface area contributed by atoms with Gasteiger partial charge in [0.2, 0.25) is 0 Å². The van der Waals surface area contributed by atoms with E-state index < -0.39 is 0 Å². The van der Waals surface area contributed by atoms with Crippen molar-refractivity contribution in [3.8, 4) is 0 Å². The van der Waals surface area contributed by atoms with Crippen LogP contribution in [0.2, 0.25) is 0 Å². The van der Waals surface area contributed by atoms with E-state index in [0.29, 0.717) is 5.92 Å². The number of hydrogen-bond acceptors (Lipinski definition) is 3. The average molecular weight is 266 g/mol. The summed E-state index contributed by atoms with van der Waals surface area (Å²) in [6, 6.07) is 6.71. The van der Waals surface area contributed by atoms with Crippen LogP contribution in [0.15, 0.2) is 24.3 Å². The molecule has 1 saturated heterocycles. The number of hydrogen-bond donors (Lipinski definition) is 1. The molecule has 106 valence electrons. The van der Waals surface area contributed by atoms with Crippen molar-refractivity contribution in [3.05, 3.63) is 30.1 Å². The lowest BCUT2D eigenvalue weighted by Crippen LogP contribution is -2.48. The Morgan fingerprint density at radius 3 is 2.32 bits per heavy atom. The van der Waals surface area contributed by atoms with E-state index in [1.165, 1.54) is 12.1 Å². The lowest BCUT2D eigenvalue weighted by atomic mass is 10.1. The van der Waals surface area contributed by atoms with Gasteiger partial charge in [-0.1, -0.05) is 6.92 Å². The molecular weight excluding hydrogens is 243 g/mol. The molecule has 0 saturated carbocycles. The highest BCUT2D eigenvalue weighted by atomic mass is 19.1. The van der Waals surface area contributed by atoms with Crippen molar-refractivity contribution in [2.45, 2.75) is 13.3 Å². The maximum absolute atomic E-state index is 12.9. The van der Waals surface area contributed by atoms with Gasteiger partial charge in [-0.25, -0.2) is 4.39 Å². The van der Waals surface area contributed by atoms with Crippen LogP contribution in [0.5, 0.6) is 0 Å². The Hall–Kier alpha value is -1.13. The van der Waals surface area contributed by atoms with Crippen molar-refractivity contribution in [1.29, 1.82) is 0 Å². The molecule has 1 aliphatic rings. The van der Waals surface area contributed by atoms with E-state index in [1.54, 1.807) is 0 Å². The molecule has 4 heteroatoms. The standard InChI is InChI=1S/C15H23FN2O/c1-2-13(12-19)11-17-7-9-18(10-8-17)15-5-3-14(16)4-6-15/h3-6,13,19H,2,7-12H2,1H3. The lowest BCUT2D eigenvalue weighted by Gasteiger charge is -2.37. The van der Waals surface area contributed by atoms with Crippen molar-refractivity contribution in [2.24, 2.45) is 5.92 Å². The number of nitrogens with zero attached hydrogens (tertiary/aromatic N) is 2. The normalized spacial score (nSPS) is 18.6. The summed E-state index contributed by atoms with van der Waals surface area (Å²) in [5, 5.41) is 9.24. The third-order valence-electron chi connectivity index (χ3n) is 3.92. The zero-order chi connectivity index (χ0) is 13.7. The quantitative estimate of drug-likeness (QED) is 0.882. The SMILES string of the molecule is CCC(CO)CN1CCN(c2ccc(F)cc2)CC1. The van der Waals surface area contributed by atoms with Gasteiger partial charge in [0.15, 0.2) is 0 Å². The van der Waals surface area contributed by atoms with Crippen LogP contribution >= 0.6 is 0 Å². The Balaban J connectivity index is 1.83. The molecule has 19 heavy (non-hydrogen) atoms. The van der Waals surface area contributed by atoms with Crippen LogP contribution in [0.3, 0.4) is 0 Å². The predicted molar refractivity (Wildman–Crippen MR) is 75.9 cm³/mol. The van der Waals surface area contributed by atoms with Gasteiger partial charge in [0.25, 0.3) is 0 Å². The van der Waals surface area contributed by atoms with Gasteiger partial charge in [-0.3, -0.25) is 4.90 Å². The summed E-state index contributed by atoms with van der Waals surface area (Å²) in [4.78, 5) is 4.69. The Kier molecular flexibility index (Phi) is 5.16. The van der Waals surface area contributed by atoms with Crippen molar-refractivity contribution in [2.75, 3.05) is 44.2 Å². The number of aliphatic hydroxyl groups excluding tert-OH is 1. The van der Waals surface area contributed by atoms with Gasteiger partial charge >= 0.3 is 0 Å². The van der Waals surface area contributed by atoms with Crippen molar-refractivity contribution >= 4 is 5.69 Å². The Morgan fingerprint density at radius 2 is 1.79 bits per heavy atom. The second kappa shape index (κ2) is 6.87. The molecule has 0 aliphatic carbocycles. The molecule has 3 nitrogen and oxygen atoms in total. The second-order valence-electron chi connectivity index (χ2n) is 5.22. The summed E-state index contributed by atoms with van der Waals surface area (Å²) in [5.74, 6) is 0.202. The first-order valence-corrected chi connectivity index (χ1v) is 7.06. The van der Waals surface area contributed by atoms with Crippen molar-refractivity contribution in [1.82, 2.24) is 4.90 Å². The average Bonchev–Trinajstić information content (AvgIpc) is 2.46. The topological polar surface area (TPSA) is 26.7 Å². The van der Waals surface area contributed by atoms with Crippen LogP contribution in [0, 0.1) is 11.7 Å². The van der Waals surface area contributed by atoms with Crippen LogP contribution in [0.1, 0.15) is 13.3 Å². The minimum absolute atomic E-state index is 0.184. The molecule has 1 aliphatic heterocycles. The largest absolute Gasteiger partial charge is 0.396 e. The highest BCUT2D eigenvalue weighted by molar-refractivity contribution is 5.46. The number of benzene rings is 1. The lowest BCUT2D eigenvalue weighted by molar-refractivity contribution is 0.155. The third-order valence-corrected chi connectivity index (χ3v) is 3.92. The molecule has 1 heterocycles. The first-order chi connectivity index (χ1) is 9.22. The summed E-state index contributed by atoms with van der Waals surface area (Å²) in [6.45, 7) is 7.32. The highest BCUT2D eigenvalue weighted by Crippen LogP contribution is 2.17. The van der Waals surface area contributed by atoms with Gasteiger partial charge in [-0.05, 0) is 36.6 Å². The summed E-state index contributed by atoms with van der Waals surface area (Å²) in [5.41, 5.74) is 1.09. The van der Waals surface area contributed by atoms with Crippen LogP contribution in [0.25, 0.3) is 0 Å². The van der Waals surface area contributed by atoms with Gasteiger partial charge in [-0.2, -0.15) is 0 Å². The molecule has 2 rings (SSSR count). The molecule has 0 aromatic heterocycles. The molecule has 1 N–H and O–H groups in total. The molecule has 1 atom stereocenters. The molecule has 1 unspecified atom stereocenters. The van der Waals surface area contributed by atoms with Crippen LogP contribution in [0.4, 0.5) is 10.1 Å². The molecule has 0 spiro atoms. The van der Waals surface area contributed by atoms with Gasteiger partial charge in [0, 0.05) is 45.0 Å². The first kappa shape index (κ1) is 14.3. The molecule has 1 fully saturated rings. The molecule has 0 radical (unpaired) electrons. The predicted octanol–water partition coefficient (Wildman–Crippen LogP) is 1.97. The molecular formula is C15H23FN2O. The van der Waals surface area contributed by atoms with Crippen LogP contribution < -0.4 is 4.90 Å². The number of aliphatic hydroxyl groups is 1. The maximum Gasteiger partial charge on any atom is 0.123 e. The highest BCUT2D eigenvalue weighted by Gasteiger charge is 2.19. The number of halogens is 1. The Labute approximate surface area is 114 Å². The van der Waals surface area contributed by atoms with Gasteiger partial charge < -0.3 is 10.0 Å². The fraction of sp³-hybridized carbons (Fsp3) is 0.600. The number of anilines is 1. The van der Waals surface area contributed by atoms with Crippen LogP contribution in [-0.4, -0.2) is 49.3 Å². The molecule has 1 aromatic rings. The first-order valence-electron chi connectivity index (χ1n) is 7.06. The summed E-state index contributed by atoms with van der Waals surface area (Å²) in [6.07, 6.45) is 1.02. The molecule has 1 aromatic carbocycles. The number of rotatable bonds is 5. The van der Waals surface area contributed by atoms with E-state index in [2.05, 4.69) is 16.7 Å². The van der Waals surface area contributed by atoms with Crippen molar-refractivity contribution in [3.63, 3.8) is 0 Å². The minimum Gasteiger partial charge on any atom is -0.396 e. The number of piperazine rings is 1. The second-order valence-corrected chi connectivity index (χ2v) is 5.22. The summed E-state index contributed by atoms with van der Waals surface area (Å²) >= 11 is 0. The smallest absolute Gasteiger partial charge is 0.123 e. The van der Waals surface area contributed by atoms with E-state index in [-0.39, 0.29) is 12.4 Å². The molecule has 0 bridgehead atoms. The summed E-state index contributed by atoms with van der Waals surface area (Å²) < 4.78 is 12.9. The van der Waals surface area contributed by atoms with Gasteiger partial charge in [0.05, 0.1) is 0 Å². The van der Waals surface area contributed by atoms with E-state index in [0.717, 1.165) is 44.8 Å². The van der Waals surface area contributed by atoms with Crippen molar-refractivity contribution < 1.29 is 9.50 Å². The fourth-order valence-corrected chi connectivity index (χ4v) is 2.52. The van der Waals surface area contributed by atoms with E-state index in [1.807, 2.05) is 12.1 Å². The Bertz CT molecular complexity index is 370. The van der Waals surface area contributed by atoms with Gasteiger partial charge in [0.1, 0.15) is 5.82 Å². The zero-order valence-corrected chi connectivity index (χ0v) is 11.6. The molecule has 0 amide bonds. The summed E-state index contributed by atoms with van der Waals surface area (Å²) in [7, 11) is 0. The zero-order valence-electron chi connectivity index (χ0n) is 11.6. The van der Waals surface area contributed by atoms with E-state index >= 15 is 0 Å². The third kappa shape index (κ3) is 3.91. The maximum atomic E-state index is 12.9. The van der Waals surface area contributed by atoms with Crippen LogP contribution in [-0.2, 0) is 0 Å². The van der Waals surface area contributed by atoms with E-state index in [4.69, 9.17) is 0 Å². The fourth-order valence-electron chi connectivity index (χ4n) is 2.52. The van der Waals surface area contributed by atoms with E-state index in [9.17, 15) is 9.50 Å². The van der Waals surface area contributed by atoms with Gasteiger partial charge in [-0.15, -0.1) is 0 Å². The minimum atomic E-state index is -0.184. The monoisotopic (exact) mass is 266 g/mol.